The monoisotopic (exact) mass is 493 g/mol. The third-order valence-corrected chi connectivity index (χ3v) is 6.44. The molecule has 0 heterocycles. The van der Waals surface area contributed by atoms with Crippen LogP contribution in [0.2, 0.25) is 0 Å². The second-order valence-corrected chi connectivity index (χ2v) is 9.82. The molecule has 0 aliphatic rings. The van der Waals surface area contributed by atoms with Gasteiger partial charge in [-0.15, -0.1) is 0 Å². The molecule has 0 saturated carbocycles. The Kier molecular flexibility index (Phi) is 9.85. The Hall–Kier alpha value is -3.14. The van der Waals surface area contributed by atoms with E-state index >= 15 is 0 Å². The van der Waals surface area contributed by atoms with Gasteiger partial charge in [0.1, 0.15) is 24.2 Å². The van der Waals surface area contributed by atoms with Crippen molar-refractivity contribution in [2.24, 2.45) is 0 Å². The normalized spacial score (nSPS) is 12.0. The Bertz CT molecular complexity index is 1080. The van der Waals surface area contributed by atoms with E-state index in [4.69, 9.17) is 4.74 Å². The first-order valence-corrected chi connectivity index (χ1v) is 12.9. The predicted molar refractivity (Wildman–Crippen MR) is 130 cm³/mol. The van der Waals surface area contributed by atoms with E-state index in [1.54, 1.807) is 31.2 Å². The van der Waals surface area contributed by atoms with Gasteiger partial charge in [0.05, 0.1) is 19.1 Å². The molecule has 34 heavy (non-hydrogen) atoms. The van der Waals surface area contributed by atoms with E-state index in [0.717, 1.165) is 30.7 Å². The number of amides is 2. The topological polar surface area (TPSA) is 96.0 Å². The molecule has 2 aromatic carbocycles. The van der Waals surface area contributed by atoms with Crippen LogP contribution in [0.15, 0.2) is 48.5 Å². The van der Waals surface area contributed by atoms with E-state index in [9.17, 15) is 22.4 Å². The molecule has 0 fully saturated rings. The van der Waals surface area contributed by atoms with Gasteiger partial charge in [0.25, 0.3) is 0 Å². The van der Waals surface area contributed by atoms with Crippen molar-refractivity contribution in [3.8, 4) is 5.75 Å². The molecule has 10 heteroatoms. The highest BCUT2D eigenvalue weighted by Crippen LogP contribution is 2.22. The minimum absolute atomic E-state index is 0.0556. The summed E-state index contributed by atoms with van der Waals surface area (Å²) >= 11 is 0. The van der Waals surface area contributed by atoms with E-state index in [1.807, 2.05) is 6.92 Å². The summed E-state index contributed by atoms with van der Waals surface area (Å²) in [7, 11) is -2.45. The number of rotatable bonds is 12. The first kappa shape index (κ1) is 27.1. The highest BCUT2D eigenvalue weighted by atomic mass is 32.2. The molecule has 0 spiro atoms. The van der Waals surface area contributed by atoms with Crippen LogP contribution in [-0.4, -0.2) is 57.6 Å². The highest BCUT2D eigenvalue weighted by molar-refractivity contribution is 7.92. The van der Waals surface area contributed by atoms with Crippen molar-refractivity contribution in [2.45, 2.75) is 39.3 Å². The van der Waals surface area contributed by atoms with Gasteiger partial charge < -0.3 is 15.0 Å². The summed E-state index contributed by atoms with van der Waals surface area (Å²) in [6.07, 6.45) is 2.59. The summed E-state index contributed by atoms with van der Waals surface area (Å²) in [5.74, 6) is -1.13. The van der Waals surface area contributed by atoms with Crippen LogP contribution in [0.4, 0.5) is 10.1 Å². The number of unbranched alkanes of at least 4 members (excludes halogenated alkanes) is 1. The Morgan fingerprint density at radius 2 is 1.76 bits per heavy atom. The summed E-state index contributed by atoms with van der Waals surface area (Å²) < 4.78 is 45.2. The summed E-state index contributed by atoms with van der Waals surface area (Å²) in [6.45, 7) is 3.45. The summed E-state index contributed by atoms with van der Waals surface area (Å²) in [6, 6.07) is 11.4. The number of methoxy groups -OCH3 is 1. The van der Waals surface area contributed by atoms with Crippen LogP contribution in [0.3, 0.4) is 0 Å². The number of nitrogens with zero attached hydrogens (tertiary/aromatic N) is 2. The van der Waals surface area contributed by atoms with Crippen molar-refractivity contribution < 1.29 is 27.1 Å². The Morgan fingerprint density at radius 3 is 2.32 bits per heavy atom. The van der Waals surface area contributed by atoms with E-state index in [2.05, 4.69) is 5.32 Å². The second kappa shape index (κ2) is 12.4. The third-order valence-electron chi connectivity index (χ3n) is 5.31. The van der Waals surface area contributed by atoms with E-state index in [1.165, 1.54) is 30.2 Å². The van der Waals surface area contributed by atoms with Gasteiger partial charge in [-0.05, 0) is 43.2 Å². The number of hydrogen-bond acceptors (Lipinski definition) is 5. The fourth-order valence-corrected chi connectivity index (χ4v) is 4.15. The van der Waals surface area contributed by atoms with Crippen molar-refractivity contribution in [2.75, 3.05) is 30.8 Å². The molecule has 8 nitrogen and oxygen atoms in total. The lowest BCUT2D eigenvalue weighted by atomic mass is 10.1. The molecule has 186 valence electrons. The number of hydrogen-bond donors (Lipinski definition) is 1. The van der Waals surface area contributed by atoms with Crippen LogP contribution < -0.4 is 14.4 Å². The molecule has 0 aromatic heterocycles. The first-order valence-electron chi connectivity index (χ1n) is 11.0. The number of halogens is 1. The molecule has 2 amide bonds. The van der Waals surface area contributed by atoms with Gasteiger partial charge in [0, 0.05) is 13.1 Å². The van der Waals surface area contributed by atoms with Gasteiger partial charge in [0.15, 0.2) is 0 Å². The summed E-state index contributed by atoms with van der Waals surface area (Å²) in [5.41, 5.74) is 0.488. The number of para-hydroxylation sites is 1. The van der Waals surface area contributed by atoms with Crippen LogP contribution in [0.1, 0.15) is 32.3 Å². The molecule has 0 saturated heterocycles. The predicted octanol–water partition coefficient (Wildman–Crippen LogP) is 2.93. The van der Waals surface area contributed by atoms with Gasteiger partial charge in [-0.1, -0.05) is 37.6 Å². The van der Waals surface area contributed by atoms with E-state index in [0.29, 0.717) is 16.6 Å². The average Bonchev–Trinajstić information content (AvgIpc) is 2.80. The van der Waals surface area contributed by atoms with E-state index in [-0.39, 0.29) is 18.1 Å². The zero-order valence-electron chi connectivity index (χ0n) is 20.0. The molecule has 2 aromatic rings. The van der Waals surface area contributed by atoms with Crippen molar-refractivity contribution in [1.29, 1.82) is 0 Å². The molecule has 0 aliphatic heterocycles. The molecule has 1 unspecified atom stereocenters. The maximum Gasteiger partial charge on any atom is 0.244 e. The van der Waals surface area contributed by atoms with E-state index < -0.39 is 34.3 Å². The summed E-state index contributed by atoms with van der Waals surface area (Å²) in [4.78, 5) is 27.4. The zero-order chi connectivity index (χ0) is 25.3. The molecule has 0 radical (unpaired) electrons. The van der Waals surface area contributed by atoms with Crippen molar-refractivity contribution in [3.05, 3.63) is 59.9 Å². The Morgan fingerprint density at radius 1 is 1.12 bits per heavy atom. The SMILES string of the molecule is CCCCNC(=O)C(C)N(Cc1ccc(OC)cc1)C(=O)CN(c1ccccc1F)S(C)(=O)=O. The number of nitrogens with one attached hydrogen (secondary N) is 1. The number of ether oxygens (including phenoxy) is 1. The van der Waals surface area contributed by atoms with Crippen LogP contribution in [0.25, 0.3) is 0 Å². The lowest BCUT2D eigenvalue weighted by Crippen LogP contribution is -2.51. The average molecular weight is 494 g/mol. The zero-order valence-corrected chi connectivity index (χ0v) is 20.8. The number of anilines is 1. The largest absolute Gasteiger partial charge is 0.497 e. The Labute approximate surface area is 200 Å². The minimum Gasteiger partial charge on any atom is -0.497 e. The van der Waals surface area contributed by atoms with Crippen LogP contribution >= 0.6 is 0 Å². The molecule has 1 atom stereocenters. The number of sulfonamides is 1. The van der Waals surface area contributed by atoms with Gasteiger partial charge in [-0.25, -0.2) is 12.8 Å². The van der Waals surface area contributed by atoms with Crippen LogP contribution in [0.5, 0.6) is 5.75 Å². The molecular weight excluding hydrogens is 461 g/mol. The number of benzene rings is 2. The highest BCUT2D eigenvalue weighted by Gasteiger charge is 2.30. The fourth-order valence-electron chi connectivity index (χ4n) is 3.30. The maximum absolute atomic E-state index is 14.4. The Balaban J connectivity index is 2.35. The van der Waals surface area contributed by atoms with Crippen LogP contribution in [0, 0.1) is 5.82 Å². The fraction of sp³-hybridized carbons (Fsp3) is 0.417. The maximum atomic E-state index is 14.4. The van der Waals surface area contributed by atoms with Gasteiger partial charge in [0.2, 0.25) is 21.8 Å². The standard InChI is InChI=1S/C24H32FN3O5S/c1-5-6-15-26-24(30)18(2)27(16-19-11-13-20(33-3)14-12-19)23(29)17-28(34(4,31)32)22-10-8-7-9-21(22)25/h7-14,18H,5-6,15-17H2,1-4H3,(H,26,30). The van der Waals surface area contributed by atoms with Crippen molar-refractivity contribution in [3.63, 3.8) is 0 Å². The minimum atomic E-state index is -3.99. The quantitative estimate of drug-likeness (QED) is 0.459. The molecule has 1 N–H and O–H groups in total. The number of carbonyl (C=O) groups excluding carboxylic acids is 2. The first-order chi connectivity index (χ1) is 16.1. The van der Waals surface area contributed by atoms with Crippen LogP contribution in [-0.2, 0) is 26.2 Å². The van der Waals surface area contributed by atoms with Crippen molar-refractivity contribution in [1.82, 2.24) is 10.2 Å². The van der Waals surface area contributed by atoms with Gasteiger partial charge >= 0.3 is 0 Å². The van der Waals surface area contributed by atoms with Gasteiger partial charge in [-0.3, -0.25) is 13.9 Å². The second-order valence-electron chi connectivity index (χ2n) is 7.91. The van der Waals surface area contributed by atoms with Gasteiger partial charge in [-0.2, -0.15) is 0 Å². The smallest absolute Gasteiger partial charge is 0.244 e. The summed E-state index contributed by atoms with van der Waals surface area (Å²) in [5, 5.41) is 2.80. The number of carbonyl (C=O) groups is 2. The van der Waals surface area contributed by atoms with Crippen molar-refractivity contribution >= 4 is 27.5 Å². The molecular formula is C24H32FN3O5S. The molecule has 2 rings (SSSR count). The molecule has 0 aliphatic carbocycles. The lowest BCUT2D eigenvalue weighted by Gasteiger charge is -2.31. The third kappa shape index (κ3) is 7.44. The lowest BCUT2D eigenvalue weighted by molar-refractivity contribution is -0.139. The molecule has 0 bridgehead atoms.